The predicted octanol–water partition coefficient (Wildman–Crippen LogP) is 1.39. The highest BCUT2D eigenvalue weighted by atomic mass is 16.2. The molecule has 0 bridgehead atoms. The van der Waals surface area contributed by atoms with Crippen molar-refractivity contribution in [2.45, 2.75) is 39.3 Å². The van der Waals surface area contributed by atoms with Gasteiger partial charge in [0.25, 0.3) is 5.91 Å². The zero-order valence-electron chi connectivity index (χ0n) is 14.8. The highest BCUT2D eigenvalue weighted by Gasteiger charge is 2.40. The molecule has 2 aliphatic rings. The van der Waals surface area contributed by atoms with Crippen LogP contribution in [0.25, 0.3) is 0 Å². The number of nitrogens with zero attached hydrogens (tertiary/aromatic N) is 2. The van der Waals surface area contributed by atoms with Crippen LogP contribution in [0.1, 0.15) is 42.6 Å². The Kier molecular flexibility index (Phi) is 4.79. The largest absolute Gasteiger partial charge is 0.369 e. The summed E-state index contributed by atoms with van der Waals surface area (Å²) in [4.78, 5) is 40.7. The van der Waals surface area contributed by atoms with E-state index in [0.717, 1.165) is 5.56 Å². The Morgan fingerprint density at radius 1 is 1.16 bits per heavy atom. The Morgan fingerprint density at radius 3 is 2.36 bits per heavy atom. The number of nitrogens with two attached hydrogens (primary N) is 1. The van der Waals surface area contributed by atoms with E-state index in [9.17, 15) is 14.4 Å². The lowest BCUT2D eigenvalue weighted by Crippen LogP contribution is -2.53. The van der Waals surface area contributed by atoms with Gasteiger partial charge in [-0.05, 0) is 30.4 Å². The molecule has 1 aromatic rings. The Labute approximate surface area is 148 Å². The lowest BCUT2D eigenvalue weighted by atomic mass is 9.94. The van der Waals surface area contributed by atoms with Crippen molar-refractivity contribution in [1.29, 1.82) is 0 Å². The van der Waals surface area contributed by atoms with Crippen LogP contribution in [0, 0.1) is 11.8 Å². The molecule has 2 aliphatic heterocycles. The van der Waals surface area contributed by atoms with Crippen LogP contribution in [0.4, 0.5) is 0 Å². The number of carbonyl (C=O) groups is 3. The molecule has 1 unspecified atom stereocenters. The summed E-state index contributed by atoms with van der Waals surface area (Å²) in [6.45, 7) is 5.45. The van der Waals surface area contributed by atoms with Crippen LogP contribution in [0.3, 0.4) is 0 Å². The van der Waals surface area contributed by atoms with Crippen molar-refractivity contribution in [2.24, 2.45) is 17.6 Å². The van der Waals surface area contributed by atoms with Gasteiger partial charge in [0, 0.05) is 31.1 Å². The van der Waals surface area contributed by atoms with Gasteiger partial charge in [0.05, 0.1) is 0 Å². The number of benzene rings is 1. The average molecular weight is 343 g/mol. The maximum absolute atomic E-state index is 13.1. The first-order valence-corrected chi connectivity index (χ1v) is 8.87. The monoisotopic (exact) mass is 343 g/mol. The Balaban J connectivity index is 1.75. The summed E-state index contributed by atoms with van der Waals surface area (Å²) < 4.78 is 0. The summed E-state index contributed by atoms with van der Waals surface area (Å²) in [5, 5.41) is 0. The van der Waals surface area contributed by atoms with Crippen molar-refractivity contribution in [2.75, 3.05) is 13.1 Å². The molecule has 25 heavy (non-hydrogen) atoms. The van der Waals surface area contributed by atoms with E-state index in [-0.39, 0.29) is 29.6 Å². The van der Waals surface area contributed by atoms with E-state index in [1.54, 1.807) is 9.80 Å². The number of amides is 3. The van der Waals surface area contributed by atoms with Gasteiger partial charge in [-0.2, -0.15) is 0 Å². The fourth-order valence-electron chi connectivity index (χ4n) is 3.85. The summed E-state index contributed by atoms with van der Waals surface area (Å²) in [6.07, 6.45) is 1.19. The number of primary amides is 1. The Bertz CT molecular complexity index is 693. The minimum Gasteiger partial charge on any atom is -0.369 e. The molecule has 0 saturated carbocycles. The molecular weight excluding hydrogens is 318 g/mol. The summed E-state index contributed by atoms with van der Waals surface area (Å²) in [6, 6.07) is 7.04. The zero-order chi connectivity index (χ0) is 18.1. The number of likely N-dealkylation sites (tertiary alicyclic amines) is 1. The van der Waals surface area contributed by atoms with E-state index >= 15 is 0 Å². The topological polar surface area (TPSA) is 83.7 Å². The minimum absolute atomic E-state index is 0.0135. The molecule has 0 aliphatic carbocycles. The summed E-state index contributed by atoms with van der Waals surface area (Å²) >= 11 is 0. The van der Waals surface area contributed by atoms with E-state index in [2.05, 4.69) is 0 Å². The highest BCUT2D eigenvalue weighted by Crippen LogP contribution is 2.29. The van der Waals surface area contributed by atoms with Crippen LogP contribution in [-0.4, -0.2) is 46.7 Å². The first-order chi connectivity index (χ1) is 11.9. The molecule has 1 saturated heterocycles. The zero-order valence-corrected chi connectivity index (χ0v) is 14.8. The third-order valence-electron chi connectivity index (χ3n) is 5.28. The SMILES string of the molecule is CC(C)C(C(=O)N1CCC(C(N)=O)CC1)N1Cc2ccccc2C1=O. The van der Waals surface area contributed by atoms with Gasteiger partial charge in [-0.25, -0.2) is 0 Å². The fraction of sp³-hybridized carbons (Fsp3) is 0.526. The number of piperidine rings is 1. The van der Waals surface area contributed by atoms with Gasteiger partial charge >= 0.3 is 0 Å². The van der Waals surface area contributed by atoms with Crippen LogP contribution in [0.5, 0.6) is 0 Å². The number of hydrogen-bond donors (Lipinski definition) is 1. The van der Waals surface area contributed by atoms with Crippen LogP contribution < -0.4 is 5.73 Å². The number of fused-ring (bicyclic) bond motifs is 1. The second kappa shape index (κ2) is 6.86. The van der Waals surface area contributed by atoms with Crippen LogP contribution in [0.15, 0.2) is 24.3 Å². The first kappa shape index (κ1) is 17.5. The molecule has 134 valence electrons. The van der Waals surface area contributed by atoms with Crippen LogP contribution in [-0.2, 0) is 16.1 Å². The van der Waals surface area contributed by atoms with Crippen molar-refractivity contribution >= 4 is 17.7 Å². The summed E-state index contributed by atoms with van der Waals surface area (Å²) in [7, 11) is 0. The van der Waals surface area contributed by atoms with Crippen molar-refractivity contribution in [3.8, 4) is 0 Å². The van der Waals surface area contributed by atoms with E-state index in [1.807, 2.05) is 38.1 Å². The maximum atomic E-state index is 13.1. The van der Waals surface area contributed by atoms with E-state index in [0.29, 0.717) is 38.0 Å². The van der Waals surface area contributed by atoms with Crippen molar-refractivity contribution in [1.82, 2.24) is 9.80 Å². The Hall–Kier alpha value is -2.37. The molecule has 6 heteroatoms. The smallest absolute Gasteiger partial charge is 0.255 e. The molecule has 0 spiro atoms. The van der Waals surface area contributed by atoms with E-state index < -0.39 is 6.04 Å². The quantitative estimate of drug-likeness (QED) is 0.897. The maximum Gasteiger partial charge on any atom is 0.255 e. The summed E-state index contributed by atoms with van der Waals surface area (Å²) in [5.74, 6) is -0.537. The van der Waals surface area contributed by atoms with Crippen LogP contribution in [0.2, 0.25) is 0 Å². The standard InChI is InChI=1S/C19H25N3O3/c1-12(2)16(19(25)21-9-7-13(8-10-21)17(20)23)22-11-14-5-3-4-6-15(14)18(22)24/h3-6,12-13,16H,7-11H2,1-2H3,(H2,20,23). The van der Waals surface area contributed by atoms with E-state index in [4.69, 9.17) is 5.73 Å². The average Bonchev–Trinajstić information content (AvgIpc) is 2.92. The number of carbonyl (C=O) groups excluding carboxylic acids is 3. The third-order valence-corrected chi connectivity index (χ3v) is 5.28. The van der Waals surface area contributed by atoms with E-state index in [1.165, 1.54) is 0 Å². The van der Waals surface area contributed by atoms with Gasteiger partial charge in [-0.1, -0.05) is 32.0 Å². The molecular formula is C19H25N3O3. The van der Waals surface area contributed by atoms with Crippen molar-refractivity contribution in [3.05, 3.63) is 35.4 Å². The molecule has 0 aromatic heterocycles. The third kappa shape index (κ3) is 3.25. The molecule has 3 rings (SSSR count). The van der Waals surface area contributed by atoms with Gasteiger partial charge in [-0.3, -0.25) is 14.4 Å². The van der Waals surface area contributed by atoms with Gasteiger partial charge in [0.1, 0.15) is 6.04 Å². The number of hydrogen-bond acceptors (Lipinski definition) is 3. The van der Waals surface area contributed by atoms with Gasteiger partial charge < -0.3 is 15.5 Å². The van der Waals surface area contributed by atoms with Crippen molar-refractivity contribution in [3.63, 3.8) is 0 Å². The Morgan fingerprint density at radius 2 is 1.80 bits per heavy atom. The predicted molar refractivity (Wildman–Crippen MR) is 93.4 cm³/mol. The summed E-state index contributed by atoms with van der Waals surface area (Å²) in [5.41, 5.74) is 7.03. The second-order valence-corrected chi connectivity index (χ2v) is 7.28. The fourth-order valence-corrected chi connectivity index (χ4v) is 3.85. The molecule has 1 aromatic carbocycles. The number of rotatable bonds is 4. The molecule has 1 fully saturated rings. The minimum atomic E-state index is -0.481. The van der Waals surface area contributed by atoms with Gasteiger partial charge in [0.15, 0.2) is 0 Å². The molecule has 2 N–H and O–H groups in total. The second-order valence-electron chi connectivity index (χ2n) is 7.28. The van der Waals surface area contributed by atoms with Crippen LogP contribution >= 0.6 is 0 Å². The first-order valence-electron chi connectivity index (χ1n) is 8.87. The van der Waals surface area contributed by atoms with Crippen molar-refractivity contribution < 1.29 is 14.4 Å². The molecule has 6 nitrogen and oxygen atoms in total. The lowest BCUT2D eigenvalue weighted by molar-refractivity contribution is -0.140. The molecule has 1 atom stereocenters. The molecule has 0 radical (unpaired) electrons. The van der Waals surface area contributed by atoms with Gasteiger partial charge in [-0.15, -0.1) is 0 Å². The molecule has 3 amide bonds. The van der Waals surface area contributed by atoms with Gasteiger partial charge in [0.2, 0.25) is 11.8 Å². The highest BCUT2D eigenvalue weighted by molar-refractivity contribution is 6.01. The normalized spacial score (nSPS) is 19.2. The molecule has 2 heterocycles. The lowest BCUT2D eigenvalue weighted by Gasteiger charge is -2.37.